The largest absolute Gasteiger partial charge is 0.459 e. The summed E-state index contributed by atoms with van der Waals surface area (Å²) in [6.45, 7) is 6.62. The lowest BCUT2D eigenvalue weighted by Gasteiger charge is -2.34. The van der Waals surface area contributed by atoms with Crippen molar-refractivity contribution in [1.29, 1.82) is 0 Å². The molecule has 0 spiro atoms. The molecule has 0 radical (unpaired) electrons. The van der Waals surface area contributed by atoms with Crippen molar-refractivity contribution in [3.05, 3.63) is 59.9 Å². The smallest absolute Gasteiger partial charge is 0.286 e. The molecule has 1 saturated heterocycles. The van der Waals surface area contributed by atoms with Crippen LogP contribution in [0.1, 0.15) is 41.3 Å². The third-order valence-electron chi connectivity index (χ3n) is 5.97. The van der Waals surface area contributed by atoms with Gasteiger partial charge in [0.25, 0.3) is 5.91 Å². The second-order valence-electron chi connectivity index (χ2n) is 8.54. The fraction of sp³-hybridized carbons (Fsp3) is 0.440. The molecule has 1 aliphatic rings. The summed E-state index contributed by atoms with van der Waals surface area (Å²) in [7, 11) is 0. The monoisotopic (exact) mass is 465 g/mol. The molecule has 1 aliphatic heterocycles. The minimum atomic E-state index is -0.252. The summed E-state index contributed by atoms with van der Waals surface area (Å²) in [5.74, 6) is 1.46. The van der Waals surface area contributed by atoms with Crippen LogP contribution in [0.2, 0.25) is 0 Å². The lowest BCUT2D eigenvalue weighted by Crippen LogP contribution is -2.48. The van der Waals surface area contributed by atoms with E-state index in [1.54, 1.807) is 12.1 Å². The Labute approximate surface area is 199 Å². The Kier molecular flexibility index (Phi) is 8.08. The molecule has 0 atom stereocenters. The zero-order valence-corrected chi connectivity index (χ0v) is 19.5. The number of aromatic nitrogens is 2. The van der Waals surface area contributed by atoms with Gasteiger partial charge in [0.05, 0.1) is 6.26 Å². The average molecular weight is 466 g/mol. The number of carbonyl (C=O) groups excluding carboxylic acids is 2. The number of carbonyl (C=O) groups is 2. The third-order valence-corrected chi connectivity index (χ3v) is 5.97. The quantitative estimate of drug-likeness (QED) is 0.459. The minimum absolute atomic E-state index is 0.140. The summed E-state index contributed by atoms with van der Waals surface area (Å²) >= 11 is 0. The molecule has 1 N–H and O–H groups in total. The summed E-state index contributed by atoms with van der Waals surface area (Å²) in [4.78, 5) is 33.1. The molecule has 34 heavy (non-hydrogen) atoms. The molecule has 0 bridgehead atoms. The van der Waals surface area contributed by atoms with E-state index in [1.165, 1.54) is 11.8 Å². The summed E-state index contributed by atoms with van der Waals surface area (Å²) in [6, 6.07) is 11.4. The SMILES string of the molecule is Cc1ccc(-c2noc(CCCN3CCN(C(=O)CCCNC(=O)c4ccco4)CC3)n2)cc1. The highest BCUT2D eigenvalue weighted by molar-refractivity contribution is 5.91. The molecule has 180 valence electrons. The Morgan fingerprint density at radius 1 is 1.06 bits per heavy atom. The van der Waals surface area contributed by atoms with E-state index in [-0.39, 0.29) is 17.6 Å². The minimum Gasteiger partial charge on any atom is -0.459 e. The van der Waals surface area contributed by atoms with Crippen LogP contribution in [0.3, 0.4) is 0 Å². The number of amides is 2. The number of furan rings is 1. The van der Waals surface area contributed by atoms with Crippen molar-refractivity contribution < 1.29 is 18.5 Å². The first-order chi connectivity index (χ1) is 16.6. The maximum Gasteiger partial charge on any atom is 0.286 e. The first kappa shape index (κ1) is 23.7. The van der Waals surface area contributed by atoms with Crippen LogP contribution in [0.4, 0.5) is 0 Å². The van der Waals surface area contributed by atoms with Crippen LogP contribution < -0.4 is 5.32 Å². The molecule has 2 aromatic heterocycles. The molecule has 0 saturated carbocycles. The zero-order chi connectivity index (χ0) is 23.8. The number of rotatable bonds is 10. The van der Waals surface area contributed by atoms with Crippen molar-refractivity contribution in [3.8, 4) is 11.4 Å². The van der Waals surface area contributed by atoms with Gasteiger partial charge in [0.1, 0.15) is 0 Å². The van der Waals surface area contributed by atoms with Crippen molar-refractivity contribution >= 4 is 11.8 Å². The standard InChI is InChI=1S/C25H31N5O4/c1-19-8-10-20(11-9-19)24-27-22(34-28-24)6-3-13-29-14-16-30(17-15-29)23(31)7-2-12-26-25(32)21-5-4-18-33-21/h4-5,8-11,18H,2-3,6-7,12-17H2,1H3,(H,26,32). The molecule has 9 heteroatoms. The second kappa shape index (κ2) is 11.6. The second-order valence-corrected chi connectivity index (χ2v) is 8.54. The Morgan fingerprint density at radius 3 is 2.59 bits per heavy atom. The fourth-order valence-electron chi connectivity index (χ4n) is 3.95. The Bertz CT molecular complexity index is 1050. The average Bonchev–Trinajstić information content (AvgIpc) is 3.55. The van der Waals surface area contributed by atoms with Gasteiger partial charge in [0, 0.05) is 51.1 Å². The van der Waals surface area contributed by atoms with E-state index in [0.717, 1.165) is 51.1 Å². The zero-order valence-electron chi connectivity index (χ0n) is 19.5. The first-order valence-electron chi connectivity index (χ1n) is 11.8. The molecule has 0 unspecified atom stereocenters. The number of nitrogens with zero attached hydrogens (tertiary/aromatic N) is 4. The van der Waals surface area contributed by atoms with Crippen LogP contribution in [-0.2, 0) is 11.2 Å². The lowest BCUT2D eigenvalue weighted by molar-refractivity contribution is -0.133. The summed E-state index contributed by atoms with van der Waals surface area (Å²) in [5.41, 5.74) is 2.16. The van der Waals surface area contributed by atoms with Gasteiger partial charge in [-0.25, -0.2) is 0 Å². The van der Waals surface area contributed by atoms with Crippen LogP contribution in [0, 0.1) is 6.92 Å². The number of hydrogen-bond acceptors (Lipinski definition) is 7. The van der Waals surface area contributed by atoms with Crippen molar-refractivity contribution in [2.75, 3.05) is 39.3 Å². The van der Waals surface area contributed by atoms with E-state index in [0.29, 0.717) is 31.1 Å². The van der Waals surface area contributed by atoms with E-state index in [1.807, 2.05) is 36.1 Å². The van der Waals surface area contributed by atoms with Gasteiger partial charge in [-0.1, -0.05) is 35.0 Å². The van der Waals surface area contributed by atoms with E-state index < -0.39 is 0 Å². The molecule has 3 aromatic rings. The highest BCUT2D eigenvalue weighted by Crippen LogP contribution is 2.17. The third kappa shape index (κ3) is 6.54. The molecule has 3 heterocycles. The van der Waals surface area contributed by atoms with Gasteiger partial charge in [0.2, 0.25) is 17.6 Å². The number of nitrogens with one attached hydrogen (secondary N) is 1. The molecular weight excluding hydrogens is 434 g/mol. The van der Waals surface area contributed by atoms with Crippen molar-refractivity contribution in [2.24, 2.45) is 0 Å². The van der Waals surface area contributed by atoms with Crippen molar-refractivity contribution in [2.45, 2.75) is 32.6 Å². The van der Waals surface area contributed by atoms with Gasteiger partial charge >= 0.3 is 0 Å². The fourth-order valence-corrected chi connectivity index (χ4v) is 3.95. The van der Waals surface area contributed by atoms with Crippen LogP contribution in [0.25, 0.3) is 11.4 Å². The van der Waals surface area contributed by atoms with Gasteiger partial charge < -0.3 is 19.2 Å². The van der Waals surface area contributed by atoms with E-state index in [4.69, 9.17) is 8.94 Å². The maximum absolute atomic E-state index is 12.5. The Balaban J connectivity index is 1.09. The van der Waals surface area contributed by atoms with Gasteiger partial charge in [-0.15, -0.1) is 0 Å². The van der Waals surface area contributed by atoms with Crippen molar-refractivity contribution in [3.63, 3.8) is 0 Å². The molecule has 4 rings (SSSR count). The molecule has 9 nitrogen and oxygen atoms in total. The molecule has 1 fully saturated rings. The lowest BCUT2D eigenvalue weighted by atomic mass is 10.1. The van der Waals surface area contributed by atoms with E-state index >= 15 is 0 Å². The number of aryl methyl sites for hydroxylation is 2. The highest BCUT2D eigenvalue weighted by atomic mass is 16.5. The Morgan fingerprint density at radius 2 is 1.85 bits per heavy atom. The van der Waals surface area contributed by atoms with Gasteiger partial charge in [0.15, 0.2) is 5.76 Å². The first-order valence-corrected chi connectivity index (χ1v) is 11.8. The molecule has 2 amide bonds. The van der Waals surface area contributed by atoms with E-state index in [2.05, 4.69) is 20.4 Å². The summed E-state index contributed by atoms with van der Waals surface area (Å²) < 4.78 is 10.5. The number of piperazine rings is 1. The number of hydrogen-bond donors (Lipinski definition) is 1. The molecule has 0 aliphatic carbocycles. The van der Waals surface area contributed by atoms with Crippen LogP contribution in [0.5, 0.6) is 0 Å². The van der Waals surface area contributed by atoms with Crippen molar-refractivity contribution in [1.82, 2.24) is 25.3 Å². The van der Waals surface area contributed by atoms with Crippen LogP contribution >= 0.6 is 0 Å². The summed E-state index contributed by atoms with van der Waals surface area (Å²) in [5, 5.41) is 6.86. The topological polar surface area (TPSA) is 105 Å². The van der Waals surface area contributed by atoms with Gasteiger partial charge in [-0.3, -0.25) is 14.5 Å². The normalized spacial score (nSPS) is 14.3. The van der Waals surface area contributed by atoms with Gasteiger partial charge in [-0.2, -0.15) is 4.98 Å². The highest BCUT2D eigenvalue weighted by Gasteiger charge is 2.21. The van der Waals surface area contributed by atoms with E-state index in [9.17, 15) is 9.59 Å². The predicted molar refractivity (Wildman–Crippen MR) is 126 cm³/mol. The predicted octanol–water partition coefficient (Wildman–Crippen LogP) is 2.93. The maximum atomic E-state index is 12.5. The summed E-state index contributed by atoms with van der Waals surface area (Å²) in [6.07, 6.45) is 4.17. The number of benzene rings is 1. The van der Waals surface area contributed by atoms with Gasteiger partial charge in [-0.05, 0) is 38.4 Å². The van der Waals surface area contributed by atoms with Crippen LogP contribution in [0.15, 0.2) is 51.6 Å². The van der Waals surface area contributed by atoms with Crippen LogP contribution in [-0.4, -0.2) is 71.0 Å². The molecule has 1 aromatic carbocycles. The molecular formula is C25H31N5O4. The Hall–Kier alpha value is -3.46.